The molecule has 3 N–H and O–H groups in total. The summed E-state index contributed by atoms with van der Waals surface area (Å²) >= 11 is 0. The molecule has 0 spiro atoms. The monoisotopic (exact) mass is 266 g/mol. The number of anilines is 2. The molecule has 1 aliphatic carbocycles. The van der Waals surface area contributed by atoms with Crippen LogP contribution in [-0.2, 0) is 4.74 Å². The molecular weight excluding hydrogens is 244 g/mol. The van der Waals surface area contributed by atoms with Crippen LogP contribution in [0.1, 0.15) is 55.4 Å². The minimum Gasteiger partial charge on any atom is -0.465 e. The molecule has 19 heavy (non-hydrogen) atoms. The van der Waals surface area contributed by atoms with E-state index in [2.05, 4.69) is 10.4 Å². The Balaban J connectivity index is 2.36. The van der Waals surface area contributed by atoms with Gasteiger partial charge in [-0.05, 0) is 19.8 Å². The van der Waals surface area contributed by atoms with Crippen molar-refractivity contribution in [3.05, 3.63) is 5.56 Å². The van der Waals surface area contributed by atoms with Gasteiger partial charge in [-0.1, -0.05) is 19.3 Å². The van der Waals surface area contributed by atoms with Crippen LogP contribution in [0.4, 0.5) is 11.6 Å². The van der Waals surface area contributed by atoms with Crippen LogP contribution in [-0.4, -0.2) is 29.4 Å². The van der Waals surface area contributed by atoms with Gasteiger partial charge in [0.2, 0.25) is 0 Å². The highest BCUT2D eigenvalue weighted by Crippen LogP contribution is 2.33. The summed E-state index contributed by atoms with van der Waals surface area (Å²) in [6, 6.07) is 0.296. The number of rotatable bonds is 4. The van der Waals surface area contributed by atoms with Gasteiger partial charge in [-0.2, -0.15) is 5.10 Å². The van der Waals surface area contributed by atoms with Gasteiger partial charge < -0.3 is 15.8 Å². The quantitative estimate of drug-likeness (QED) is 0.816. The molecule has 0 bridgehead atoms. The van der Waals surface area contributed by atoms with E-state index in [0.29, 0.717) is 29.8 Å². The second-order valence-corrected chi connectivity index (χ2v) is 4.87. The van der Waals surface area contributed by atoms with Crippen molar-refractivity contribution in [2.24, 2.45) is 0 Å². The highest BCUT2D eigenvalue weighted by Gasteiger charge is 2.26. The first-order valence-corrected chi connectivity index (χ1v) is 6.89. The molecule has 106 valence electrons. The number of nitrogens with zero attached hydrogens (tertiary/aromatic N) is 2. The second-order valence-electron chi connectivity index (χ2n) is 4.87. The summed E-state index contributed by atoms with van der Waals surface area (Å²) in [7, 11) is 1.36. The second kappa shape index (κ2) is 5.95. The van der Waals surface area contributed by atoms with Crippen LogP contribution < -0.4 is 11.1 Å². The molecule has 1 aromatic rings. The maximum atomic E-state index is 11.8. The molecule has 1 aliphatic rings. The lowest BCUT2D eigenvalue weighted by Crippen LogP contribution is -2.17. The van der Waals surface area contributed by atoms with Crippen LogP contribution in [0.5, 0.6) is 0 Å². The fourth-order valence-electron chi connectivity index (χ4n) is 2.65. The smallest absolute Gasteiger partial charge is 0.345 e. The number of hydrogen-bond donors (Lipinski definition) is 2. The molecule has 2 rings (SSSR count). The lowest BCUT2D eigenvalue weighted by Gasteiger charge is -2.22. The van der Waals surface area contributed by atoms with Crippen molar-refractivity contribution in [2.45, 2.75) is 45.1 Å². The van der Waals surface area contributed by atoms with Crippen molar-refractivity contribution in [1.82, 2.24) is 9.78 Å². The van der Waals surface area contributed by atoms with Gasteiger partial charge in [-0.15, -0.1) is 0 Å². The summed E-state index contributed by atoms with van der Waals surface area (Å²) in [5.74, 6) is 0.502. The molecule has 0 aromatic carbocycles. The van der Waals surface area contributed by atoms with Crippen LogP contribution >= 0.6 is 0 Å². The van der Waals surface area contributed by atoms with E-state index in [0.717, 1.165) is 12.8 Å². The summed E-state index contributed by atoms with van der Waals surface area (Å²) in [5, 5.41) is 7.55. The molecule has 1 heterocycles. The molecule has 0 amide bonds. The van der Waals surface area contributed by atoms with Gasteiger partial charge in [0.05, 0.1) is 13.2 Å². The standard InChI is InChI=1S/C13H22N4O2/c1-3-15-12-10(13(18)19-2)11(14)17(16-12)9-7-5-4-6-8-9/h9H,3-8,14H2,1-2H3,(H,15,16). The Labute approximate surface area is 113 Å². The number of aromatic nitrogens is 2. The summed E-state index contributed by atoms with van der Waals surface area (Å²) in [5.41, 5.74) is 6.46. The van der Waals surface area contributed by atoms with Gasteiger partial charge in [0.1, 0.15) is 11.4 Å². The van der Waals surface area contributed by atoms with Crippen molar-refractivity contribution in [3.63, 3.8) is 0 Å². The molecule has 1 fully saturated rings. The van der Waals surface area contributed by atoms with Crippen molar-refractivity contribution >= 4 is 17.6 Å². The number of ether oxygens (including phenoxy) is 1. The summed E-state index contributed by atoms with van der Waals surface area (Å²) in [4.78, 5) is 11.8. The zero-order chi connectivity index (χ0) is 13.8. The van der Waals surface area contributed by atoms with Crippen LogP contribution in [0.15, 0.2) is 0 Å². The molecule has 0 unspecified atom stereocenters. The fraction of sp³-hybridized carbons (Fsp3) is 0.692. The van der Waals surface area contributed by atoms with Gasteiger partial charge in [0.25, 0.3) is 0 Å². The van der Waals surface area contributed by atoms with E-state index in [9.17, 15) is 4.79 Å². The SMILES string of the molecule is CCNc1nn(C2CCCCC2)c(N)c1C(=O)OC. The molecule has 1 aromatic heterocycles. The molecule has 0 atom stereocenters. The predicted octanol–water partition coefficient (Wildman–Crippen LogP) is 2.19. The van der Waals surface area contributed by atoms with E-state index in [1.54, 1.807) is 4.68 Å². The van der Waals surface area contributed by atoms with Crippen molar-refractivity contribution < 1.29 is 9.53 Å². The fourth-order valence-corrected chi connectivity index (χ4v) is 2.65. The summed E-state index contributed by atoms with van der Waals surface area (Å²) in [6.07, 6.45) is 5.78. The topological polar surface area (TPSA) is 82.2 Å². The Morgan fingerprint density at radius 3 is 2.74 bits per heavy atom. The highest BCUT2D eigenvalue weighted by molar-refractivity contribution is 5.99. The van der Waals surface area contributed by atoms with Crippen LogP contribution in [0.2, 0.25) is 0 Å². The predicted molar refractivity (Wildman–Crippen MR) is 74.3 cm³/mol. The molecule has 6 nitrogen and oxygen atoms in total. The summed E-state index contributed by atoms with van der Waals surface area (Å²) < 4.78 is 6.59. The van der Waals surface area contributed by atoms with E-state index in [1.165, 1.54) is 26.4 Å². The number of hydrogen-bond acceptors (Lipinski definition) is 5. The largest absolute Gasteiger partial charge is 0.465 e. The zero-order valence-corrected chi connectivity index (χ0v) is 11.6. The van der Waals surface area contributed by atoms with Crippen LogP contribution in [0.3, 0.4) is 0 Å². The number of carbonyl (C=O) groups is 1. The number of nitrogens with two attached hydrogens (primary N) is 1. The van der Waals surface area contributed by atoms with E-state index in [1.807, 2.05) is 6.92 Å². The van der Waals surface area contributed by atoms with E-state index < -0.39 is 5.97 Å². The Kier molecular flexibility index (Phi) is 4.29. The Bertz CT molecular complexity index is 450. The maximum Gasteiger partial charge on any atom is 0.345 e. The first kappa shape index (κ1) is 13.7. The third-order valence-corrected chi connectivity index (χ3v) is 3.60. The lowest BCUT2D eigenvalue weighted by molar-refractivity contribution is 0.0603. The van der Waals surface area contributed by atoms with Crippen molar-refractivity contribution in [1.29, 1.82) is 0 Å². The molecule has 6 heteroatoms. The normalized spacial score (nSPS) is 16.3. The van der Waals surface area contributed by atoms with E-state index in [4.69, 9.17) is 10.5 Å². The average molecular weight is 266 g/mol. The molecular formula is C13H22N4O2. The number of nitrogens with one attached hydrogen (secondary N) is 1. The van der Waals surface area contributed by atoms with Gasteiger partial charge in [0, 0.05) is 6.54 Å². The molecule has 1 saturated carbocycles. The maximum absolute atomic E-state index is 11.8. The molecule has 0 saturated heterocycles. The van der Waals surface area contributed by atoms with Gasteiger partial charge in [0.15, 0.2) is 5.82 Å². The molecule has 0 aliphatic heterocycles. The minimum atomic E-state index is -0.435. The van der Waals surface area contributed by atoms with E-state index >= 15 is 0 Å². The number of carbonyl (C=O) groups excluding carboxylic acids is 1. The molecule has 0 radical (unpaired) electrons. The van der Waals surface area contributed by atoms with Gasteiger partial charge >= 0.3 is 5.97 Å². The minimum absolute atomic E-state index is 0.296. The Morgan fingerprint density at radius 1 is 1.47 bits per heavy atom. The first-order chi connectivity index (χ1) is 9.19. The number of methoxy groups -OCH3 is 1. The summed E-state index contributed by atoms with van der Waals surface area (Å²) in [6.45, 7) is 2.64. The van der Waals surface area contributed by atoms with Gasteiger partial charge in [-0.25, -0.2) is 9.48 Å². The Morgan fingerprint density at radius 2 is 2.16 bits per heavy atom. The Hall–Kier alpha value is -1.72. The third kappa shape index (κ3) is 2.67. The van der Waals surface area contributed by atoms with Gasteiger partial charge in [-0.3, -0.25) is 0 Å². The lowest BCUT2D eigenvalue weighted by atomic mass is 9.96. The number of nitrogen functional groups attached to an aromatic ring is 1. The third-order valence-electron chi connectivity index (χ3n) is 3.60. The number of esters is 1. The highest BCUT2D eigenvalue weighted by atomic mass is 16.5. The van der Waals surface area contributed by atoms with Crippen molar-refractivity contribution in [3.8, 4) is 0 Å². The zero-order valence-electron chi connectivity index (χ0n) is 11.6. The van der Waals surface area contributed by atoms with Crippen molar-refractivity contribution in [2.75, 3.05) is 24.7 Å². The van der Waals surface area contributed by atoms with Crippen LogP contribution in [0, 0.1) is 0 Å². The average Bonchev–Trinajstić information content (AvgIpc) is 2.76. The van der Waals surface area contributed by atoms with Crippen LogP contribution in [0.25, 0.3) is 0 Å². The van der Waals surface area contributed by atoms with E-state index in [-0.39, 0.29) is 0 Å². The first-order valence-electron chi connectivity index (χ1n) is 6.89.